The maximum absolute atomic E-state index is 12.9. The molecule has 2 fully saturated rings. The number of likely N-dealkylation sites (N-methyl/N-ethyl adjacent to an activating group) is 1. The van der Waals surface area contributed by atoms with Gasteiger partial charge in [-0.05, 0) is 30.7 Å². The average Bonchev–Trinajstić information content (AvgIpc) is 3.10. The lowest BCUT2D eigenvalue weighted by Crippen LogP contribution is -2.50. The highest BCUT2D eigenvalue weighted by molar-refractivity contribution is 7.09. The maximum Gasteiger partial charge on any atom is 0.258 e. The highest BCUT2D eigenvalue weighted by Gasteiger charge is 2.42. The Morgan fingerprint density at radius 2 is 2.23 bits per heavy atom. The van der Waals surface area contributed by atoms with E-state index in [1.807, 2.05) is 13.1 Å². The molecular weight excluding hydrogens is 298 g/mol. The second kappa shape index (κ2) is 6.38. The Kier molecular flexibility index (Phi) is 4.49. The van der Waals surface area contributed by atoms with E-state index in [1.165, 1.54) is 11.3 Å². The van der Waals surface area contributed by atoms with Gasteiger partial charge in [0.1, 0.15) is 6.04 Å². The van der Waals surface area contributed by atoms with E-state index >= 15 is 0 Å². The molecule has 2 heterocycles. The van der Waals surface area contributed by atoms with Crippen molar-refractivity contribution in [1.29, 1.82) is 0 Å². The lowest BCUT2D eigenvalue weighted by atomic mass is 9.70. The Hall–Kier alpha value is -1.40. The molecule has 0 radical (unpaired) electrons. The number of hydrogen-bond acceptors (Lipinski definition) is 4. The Labute approximate surface area is 135 Å². The van der Waals surface area contributed by atoms with Crippen molar-refractivity contribution in [1.82, 2.24) is 15.8 Å². The fourth-order valence-electron chi connectivity index (χ4n) is 3.55. The number of amides is 2. The molecule has 0 spiro atoms. The summed E-state index contributed by atoms with van der Waals surface area (Å²) < 4.78 is 0. The molecule has 1 aromatic rings. The molecule has 1 aliphatic carbocycles. The van der Waals surface area contributed by atoms with Gasteiger partial charge in [-0.3, -0.25) is 15.0 Å². The number of rotatable bonds is 4. The van der Waals surface area contributed by atoms with E-state index in [0.29, 0.717) is 6.54 Å². The smallest absolute Gasteiger partial charge is 0.258 e. The van der Waals surface area contributed by atoms with Gasteiger partial charge in [-0.1, -0.05) is 25.3 Å². The highest BCUT2D eigenvalue weighted by atomic mass is 32.1. The van der Waals surface area contributed by atoms with Crippen LogP contribution in [-0.2, 0) is 16.0 Å². The van der Waals surface area contributed by atoms with Crippen LogP contribution in [0.25, 0.3) is 0 Å². The van der Waals surface area contributed by atoms with Crippen LogP contribution in [0.1, 0.15) is 37.0 Å². The van der Waals surface area contributed by atoms with Crippen LogP contribution in [0.3, 0.4) is 0 Å². The molecule has 0 bridgehead atoms. The van der Waals surface area contributed by atoms with Gasteiger partial charge in [0.25, 0.3) is 5.91 Å². The normalized spacial score (nSPS) is 25.0. The molecule has 6 heteroatoms. The predicted octanol–water partition coefficient (Wildman–Crippen LogP) is 1.70. The second-order valence-corrected chi connectivity index (χ2v) is 7.51. The van der Waals surface area contributed by atoms with Crippen molar-refractivity contribution in [3.05, 3.63) is 22.4 Å². The maximum atomic E-state index is 12.9. The van der Waals surface area contributed by atoms with Gasteiger partial charge in [-0.15, -0.1) is 11.3 Å². The average molecular weight is 321 g/mol. The zero-order valence-electron chi connectivity index (χ0n) is 12.9. The first-order valence-corrected chi connectivity index (χ1v) is 8.82. The van der Waals surface area contributed by atoms with Crippen molar-refractivity contribution in [2.75, 3.05) is 13.6 Å². The summed E-state index contributed by atoms with van der Waals surface area (Å²) >= 11 is 1.71. The lowest BCUT2D eigenvalue weighted by Gasteiger charge is -2.36. The van der Waals surface area contributed by atoms with Crippen LogP contribution >= 0.6 is 11.3 Å². The first kappa shape index (κ1) is 15.5. The standard InChI is InChI=1S/C16H23N3O2S/c1-19-11-13(14(20)18-19)17-15(21)16(7-3-2-4-8-16)10-12-6-5-9-22-12/h5-6,9,13H,2-4,7-8,10-11H2,1H3,(H,17,21)(H,18,20). The molecule has 1 atom stereocenters. The van der Waals surface area contributed by atoms with Crippen molar-refractivity contribution in [3.8, 4) is 0 Å². The predicted molar refractivity (Wildman–Crippen MR) is 86.2 cm³/mol. The minimum atomic E-state index is -0.431. The molecule has 2 aliphatic rings. The lowest BCUT2D eigenvalue weighted by molar-refractivity contribution is -0.136. The third kappa shape index (κ3) is 3.17. The van der Waals surface area contributed by atoms with E-state index < -0.39 is 6.04 Å². The van der Waals surface area contributed by atoms with E-state index in [1.54, 1.807) is 16.3 Å². The fourth-order valence-corrected chi connectivity index (χ4v) is 4.40. The van der Waals surface area contributed by atoms with Crippen LogP contribution in [0.15, 0.2) is 17.5 Å². The molecule has 1 aliphatic heterocycles. The summed E-state index contributed by atoms with van der Waals surface area (Å²) in [7, 11) is 1.81. The highest BCUT2D eigenvalue weighted by Crippen LogP contribution is 2.40. The van der Waals surface area contributed by atoms with Crippen molar-refractivity contribution in [3.63, 3.8) is 0 Å². The van der Waals surface area contributed by atoms with Crippen molar-refractivity contribution < 1.29 is 9.59 Å². The number of nitrogens with zero attached hydrogens (tertiary/aromatic N) is 1. The summed E-state index contributed by atoms with van der Waals surface area (Å²) in [6, 6.07) is 3.71. The quantitative estimate of drug-likeness (QED) is 0.887. The number of hydrogen-bond donors (Lipinski definition) is 2. The molecule has 1 aromatic heterocycles. The number of hydrazine groups is 1. The monoisotopic (exact) mass is 321 g/mol. The minimum Gasteiger partial charge on any atom is -0.343 e. The van der Waals surface area contributed by atoms with E-state index in [9.17, 15) is 9.59 Å². The third-order valence-electron chi connectivity index (χ3n) is 4.76. The van der Waals surface area contributed by atoms with E-state index in [4.69, 9.17) is 0 Å². The molecule has 0 aromatic carbocycles. The van der Waals surface area contributed by atoms with E-state index in [-0.39, 0.29) is 17.2 Å². The van der Waals surface area contributed by atoms with Crippen LogP contribution in [0, 0.1) is 5.41 Å². The number of carbonyl (C=O) groups is 2. The topological polar surface area (TPSA) is 61.4 Å². The number of carbonyl (C=O) groups excluding carboxylic acids is 2. The molecule has 22 heavy (non-hydrogen) atoms. The van der Waals surface area contributed by atoms with Crippen LogP contribution in [-0.4, -0.2) is 36.5 Å². The first-order valence-electron chi connectivity index (χ1n) is 7.94. The SMILES string of the molecule is CN1CC(NC(=O)C2(Cc3cccs3)CCCCC2)C(=O)N1. The molecule has 5 nitrogen and oxygen atoms in total. The molecule has 1 unspecified atom stereocenters. The van der Waals surface area contributed by atoms with Crippen molar-refractivity contribution in [2.45, 2.75) is 44.6 Å². The minimum absolute atomic E-state index is 0.0519. The van der Waals surface area contributed by atoms with Gasteiger partial charge >= 0.3 is 0 Å². The Balaban J connectivity index is 1.73. The number of thiophene rings is 1. The second-order valence-electron chi connectivity index (χ2n) is 6.48. The Morgan fingerprint density at radius 3 is 2.82 bits per heavy atom. The Bertz CT molecular complexity index is 538. The zero-order valence-corrected chi connectivity index (χ0v) is 13.7. The molecule has 1 saturated heterocycles. The van der Waals surface area contributed by atoms with Crippen LogP contribution < -0.4 is 10.7 Å². The molecule has 120 valence electrons. The van der Waals surface area contributed by atoms with Crippen LogP contribution in [0.4, 0.5) is 0 Å². The molecule has 2 amide bonds. The van der Waals surface area contributed by atoms with Crippen LogP contribution in [0.2, 0.25) is 0 Å². The largest absolute Gasteiger partial charge is 0.343 e. The summed E-state index contributed by atoms with van der Waals surface area (Å²) in [5.74, 6) is -0.0611. The molecular formula is C16H23N3O2S. The summed E-state index contributed by atoms with van der Waals surface area (Å²) in [5, 5.41) is 6.78. The van der Waals surface area contributed by atoms with Gasteiger partial charge in [0.15, 0.2) is 0 Å². The number of nitrogens with one attached hydrogen (secondary N) is 2. The zero-order chi connectivity index (χ0) is 15.6. The first-order chi connectivity index (χ1) is 10.6. The van der Waals surface area contributed by atoms with Gasteiger partial charge in [-0.2, -0.15) is 0 Å². The van der Waals surface area contributed by atoms with Crippen LogP contribution in [0.5, 0.6) is 0 Å². The van der Waals surface area contributed by atoms with E-state index in [2.05, 4.69) is 22.2 Å². The molecule has 3 rings (SSSR count). The van der Waals surface area contributed by atoms with Crippen molar-refractivity contribution >= 4 is 23.2 Å². The molecule has 2 N–H and O–H groups in total. The van der Waals surface area contributed by atoms with Gasteiger partial charge in [-0.25, -0.2) is 5.01 Å². The van der Waals surface area contributed by atoms with Gasteiger partial charge in [0.05, 0.1) is 5.41 Å². The Morgan fingerprint density at radius 1 is 1.45 bits per heavy atom. The summed E-state index contributed by atoms with van der Waals surface area (Å²) in [4.78, 5) is 26.1. The van der Waals surface area contributed by atoms with Gasteiger partial charge < -0.3 is 5.32 Å². The van der Waals surface area contributed by atoms with E-state index in [0.717, 1.165) is 32.1 Å². The summed E-state index contributed by atoms with van der Waals surface area (Å²) in [5.41, 5.74) is 2.37. The summed E-state index contributed by atoms with van der Waals surface area (Å²) in [6.07, 6.45) is 6.01. The molecule has 1 saturated carbocycles. The van der Waals surface area contributed by atoms with Gasteiger partial charge in [0.2, 0.25) is 5.91 Å². The summed E-state index contributed by atoms with van der Waals surface area (Å²) in [6.45, 7) is 0.527. The van der Waals surface area contributed by atoms with Gasteiger partial charge in [0, 0.05) is 18.5 Å². The third-order valence-corrected chi connectivity index (χ3v) is 5.64. The van der Waals surface area contributed by atoms with Crippen molar-refractivity contribution in [2.24, 2.45) is 5.41 Å². The fraction of sp³-hybridized carbons (Fsp3) is 0.625.